The molecule has 1 saturated heterocycles. The molecule has 1 aliphatic heterocycles. The molecular formula is C14H21ClN2. The maximum Gasteiger partial charge on any atom is 0.0426 e. The molecule has 1 heterocycles. The zero-order valence-electron chi connectivity index (χ0n) is 10.5. The quantitative estimate of drug-likeness (QED) is 0.887. The van der Waals surface area contributed by atoms with Gasteiger partial charge in [-0.1, -0.05) is 30.5 Å². The largest absolute Gasteiger partial charge is 0.371 e. The van der Waals surface area contributed by atoms with Gasteiger partial charge < -0.3 is 10.2 Å². The number of halogens is 1. The Bertz CT molecular complexity index is 357. The summed E-state index contributed by atoms with van der Waals surface area (Å²) in [6.07, 6.45) is 5.31. The molecule has 0 spiro atoms. The molecule has 0 unspecified atom stereocenters. The second-order valence-corrected chi connectivity index (χ2v) is 5.14. The molecule has 2 rings (SSSR count). The van der Waals surface area contributed by atoms with Gasteiger partial charge in [0.05, 0.1) is 0 Å². The van der Waals surface area contributed by atoms with E-state index in [0.717, 1.165) is 24.7 Å². The normalized spacial score (nSPS) is 16.9. The van der Waals surface area contributed by atoms with Crippen LogP contribution in [0.25, 0.3) is 0 Å². The summed E-state index contributed by atoms with van der Waals surface area (Å²) in [6.45, 7) is 3.23. The first-order valence-corrected chi connectivity index (χ1v) is 6.87. The average Bonchev–Trinajstić information content (AvgIpc) is 2.60. The minimum atomic E-state index is 0.837. The van der Waals surface area contributed by atoms with Crippen LogP contribution in [0, 0.1) is 0 Å². The predicted octanol–water partition coefficient (Wildman–Crippen LogP) is 3.44. The van der Waals surface area contributed by atoms with Gasteiger partial charge in [-0.2, -0.15) is 0 Å². The van der Waals surface area contributed by atoms with Crippen LogP contribution >= 0.6 is 11.6 Å². The zero-order valence-corrected chi connectivity index (χ0v) is 11.3. The number of rotatable bonds is 3. The lowest BCUT2D eigenvalue weighted by Crippen LogP contribution is -2.25. The summed E-state index contributed by atoms with van der Waals surface area (Å²) < 4.78 is 0. The molecule has 3 heteroatoms. The first kappa shape index (κ1) is 12.7. The highest BCUT2D eigenvalue weighted by molar-refractivity contribution is 6.30. The molecule has 94 valence electrons. The topological polar surface area (TPSA) is 15.3 Å². The molecule has 0 bridgehead atoms. The van der Waals surface area contributed by atoms with Gasteiger partial charge >= 0.3 is 0 Å². The Morgan fingerprint density at radius 2 is 1.88 bits per heavy atom. The summed E-state index contributed by atoms with van der Waals surface area (Å²) in [5.74, 6) is 0. The van der Waals surface area contributed by atoms with Crippen LogP contribution in [0.3, 0.4) is 0 Å². The Hall–Kier alpha value is -0.730. The second-order valence-electron chi connectivity index (χ2n) is 4.70. The minimum absolute atomic E-state index is 0.837. The lowest BCUT2D eigenvalue weighted by Gasteiger charge is -2.25. The van der Waals surface area contributed by atoms with Gasteiger partial charge in [0.15, 0.2) is 0 Å². The molecule has 1 aromatic rings. The number of nitrogens with one attached hydrogen (secondary N) is 1. The molecular weight excluding hydrogens is 232 g/mol. The van der Waals surface area contributed by atoms with Crippen molar-refractivity contribution < 1.29 is 0 Å². The van der Waals surface area contributed by atoms with Gasteiger partial charge in [-0.15, -0.1) is 0 Å². The summed E-state index contributed by atoms with van der Waals surface area (Å²) in [7, 11) is 1.99. The van der Waals surface area contributed by atoms with Crippen molar-refractivity contribution in [1.82, 2.24) is 5.32 Å². The SMILES string of the molecule is CNCc1ccc(Cl)cc1N1CCCCCC1. The second kappa shape index (κ2) is 6.27. The summed E-state index contributed by atoms with van der Waals surface area (Å²) in [6, 6.07) is 6.23. The number of hydrogen-bond acceptors (Lipinski definition) is 2. The van der Waals surface area contributed by atoms with Crippen molar-refractivity contribution in [2.45, 2.75) is 32.2 Å². The van der Waals surface area contributed by atoms with E-state index in [1.54, 1.807) is 0 Å². The van der Waals surface area contributed by atoms with Crippen LogP contribution in [-0.4, -0.2) is 20.1 Å². The van der Waals surface area contributed by atoms with E-state index < -0.39 is 0 Å². The van der Waals surface area contributed by atoms with Gasteiger partial charge in [0.2, 0.25) is 0 Å². The number of benzene rings is 1. The Morgan fingerprint density at radius 1 is 1.18 bits per heavy atom. The molecule has 17 heavy (non-hydrogen) atoms. The van der Waals surface area contributed by atoms with E-state index in [-0.39, 0.29) is 0 Å². The third kappa shape index (κ3) is 3.36. The van der Waals surface area contributed by atoms with E-state index in [1.807, 2.05) is 13.1 Å². The molecule has 1 aliphatic rings. The van der Waals surface area contributed by atoms with Gasteiger partial charge in [-0.25, -0.2) is 0 Å². The van der Waals surface area contributed by atoms with Crippen LogP contribution in [0.2, 0.25) is 5.02 Å². The summed E-state index contributed by atoms with van der Waals surface area (Å²) >= 11 is 6.13. The highest BCUT2D eigenvalue weighted by Crippen LogP contribution is 2.27. The fourth-order valence-electron chi connectivity index (χ4n) is 2.48. The van der Waals surface area contributed by atoms with Gasteiger partial charge in [-0.05, 0) is 37.6 Å². The molecule has 0 aliphatic carbocycles. The third-order valence-corrected chi connectivity index (χ3v) is 3.60. The molecule has 0 saturated carbocycles. The molecule has 0 radical (unpaired) electrons. The average molecular weight is 253 g/mol. The summed E-state index contributed by atoms with van der Waals surface area (Å²) in [5.41, 5.74) is 2.66. The van der Waals surface area contributed by atoms with E-state index in [0.29, 0.717) is 0 Å². The standard InChI is InChI=1S/C14H21ClN2/c1-16-11-12-6-7-13(15)10-14(12)17-8-4-2-3-5-9-17/h6-7,10,16H,2-5,8-9,11H2,1H3. The van der Waals surface area contributed by atoms with Crippen LogP contribution in [0.4, 0.5) is 5.69 Å². The number of nitrogens with zero attached hydrogens (tertiary/aromatic N) is 1. The molecule has 2 nitrogen and oxygen atoms in total. The van der Waals surface area contributed by atoms with Crippen LogP contribution in [0.5, 0.6) is 0 Å². The van der Waals surface area contributed by atoms with Crippen molar-refractivity contribution in [3.8, 4) is 0 Å². The fourth-order valence-corrected chi connectivity index (χ4v) is 2.65. The van der Waals surface area contributed by atoms with Crippen molar-refractivity contribution in [1.29, 1.82) is 0 Å². The van der Waals surface area contributed by atoms with Crippen molar-refractivity contribution in [3.63, 3.8) is 0 Å². The molecule has 0 atom stereocenters. The molecule has 0 aromatic heterocycles. The molecule has 0 amide bonds. The third-order valence-electron chi connectivity index (χ3n) is 3.36. The van der Waals surface area contributed by atoms with Gasteiger partial charge in [0, 0.05) is 30.3 Å². The minimum Gasteiger partial charge on any atom is -0.371 e. The van der Waals surface area contributed by atoms with E-state index in [9.17, 15) is 0 Å². The monoisotopic (exact) mass is 252 g/mol. The lowest BCUT2D eigenvalue weighted by molar-refractivity contribution is 0.726. The predicted molar refractivity (Wildman–Crippen MR) is 74.9 cm³/mol. The van der Waals surface area contributed by atoms with Crippen molar-refractivity contribution in [2.24, 2.45) is 0 Å². The van der Waals surface area contributed by atoms with Gasteiger partial charge in [0.1, 0.15) is 0 Å². The molecule has 1 N–H and O–H groups in total. The maximum atomic E-state index is 6.13. The highest BCUT2D eigenvalue weighted by Gasteiger charge is 2.13. The van der Waals surface area contributed by atoms with E-state index >= 15 is 0 Å². The summed E-state index contributed by atoms with van der Waals surface area (Å²) in [5, 5.41) is 4.07. The number of hydrogen-bond donors (Lipinski definition) is 1. The van der Waals surface area contributed by atoms with Gasteiger partial charge in [0.25, 0.3) is 0 Å². The van der Waals surface area contributed by atoms with Crippen LogP contribution in [0.1, 0.15) is 31.2 Å². The van der Waals surface area contributed by atoms with Crippen LogP contribution in [-0.2, 0) is 6.54 Å². The highest BCUT2D eigenvalue weighted by atomic mass is 35.5. The molecule has 1 fully saturated rings. The van der Waals surface area contributed by atoms with E-state index in [4.69, 9.17) is 11.6 Å². The molecule has 1 aromatic carbocycles. The Kier molecular flexibility index (Phi) is 4.69. The number of anilines is 1. The van der Waals surface area contributed by atoms with Crippen molar-refractivity contribution >= 4 is 17.3 Å². The Labute approximate surface area is 109 Å². The smallest absolute Gasteiger partial charge is 0.0426 e. The van der Waals surface area contributed by atoms with Crippen molar-refractivity contribution in [2.75, 3.05) is 25.0 Å². The van der Waals surface area contributed by atoms with E-state index in [2.05, 4.69) is 22.3 Å². The zero-order chi connectivity index (χ0) is 12.1. The fraction of sp³-hybridized carbons (Fsp3) is 0.571. The van der Waals surface area contributed by atoms with Crippen LogP contribution in [0.15, 0.2) is 18.2 Å². The first-order valence-electron chi connectivity index (χ1n) is 6.49. The Morgan fingerprint density at radius 3 is 2.53 bits per heavy atom. The van der Waals surface area contributed by atoms with E-state index in [1.165, 1.54) is 36.9 Å². The van der Waals surface area contributed by atoms with Crippen LogP contribution < -0.4 is 10.2 Å². The maximum absolute atomic E-state index is 6.13. The van der Waals surface area contributed by atoms with Crippen molar-refractivity contribution in [3.05, 3.63) is 28.8 Å². The Balaban J connectivity index is 2.23. The lowest BCUT2D eigenvalue weighted by atomic mass is 10.1. The van der Waals surface area contributed by atoms with Gasteiger partial charge in [-0.3, -0.25) is 0 Å². The first-order chi connectivity index (χ1) is 8.31. The summed E-state index contributed by atoms with van der Waals surface area (Å²) in [4.78, 5) is 2.49.